The zero-order valence-electron chi connectivity index (χ0n) is 15.9. The molecule has 0 aliphatic heterocycles. The Bertz CT molecular complexity index is 1350. The second-order valence-electron chi connectivity index (χ2n) is 6.60. The number of hydrogen-bond acceptors (Lipinski definition) is 6. The molecule has 0 atom stereocenters. The van der Waals surface area contributed by atoms with Gasteiger partial charge in [0.25, 0.3) is 0 Å². The average Bonchev–Trinajstić information content (AvgIpc) is 3.30. The minimum Gasteiger partial charge on any atom is -0.295 e. The molecule has 0 amide bonds. The first-order chi connectivity index (χ1) is 14.3. The van der Waals surface area contributed by atoms with Crippen LogP contribution in [-0.4, -0.2) is 35.3 Å². The van der Waals surface area contributed by atoms with Crippen LogP contribution in [-0.2, 0) is 16.4 Å². The maximum atomic E-state index is 13.5. The van der Waals surface area contributed by atoms with Gasteiger partial charge in [-0.3, -0.25) is 4.79 Å². The van der Waals surface area contributed by atoms with Gasteiger partial charge in [-0.1, -0.05) is 24.3 Å². The number of carbonyl (C=O) groups is 1. The molecule has 4 rings (SSSR count). The Morgan fingerprint density at radius 1 is 1.20 bits per heavy atom. The van der Waals surface area contributed by atoms with Crippen molar-refractivity contribution in [3.8, 4) is 11.4 Å². The van der Waals surface area contributed by atoms with Crippen molar-refractivity contribution in [2.24, 2.45) is 0 Å². The third-order valence-electron chi connectivity index (χ3n) is 4.46. The van der Waals surface area contributed by atoms with Gasteiger partial charge in [0.05, 0.1) is 10.6 Å². The van der Waals surface area contributed by atoms with Crippen LogP contribution in [0.15, 0.2) is 58.8 Å². The summed E-state index contributed by atoms with van der Waals surface area (Å²) >= 11 is 1.37. The Labute approximate surface area is 176 Å². The van der Waals surface area contributed by atoms with Crippen LogP contribution in [0.1, 0.15) is 23.0 Å². The Hall–Kier alpha value is -2.95. The molecule has 2 aromatic heterocycles. The van der Waals surface area contributed by atoms with Crippen molar-refractivity contribution in [1.29, 1.82) is 0 Å². The van der Waals surface area contributed by atoms with Crippen molar-refractivity contribution in [3.05, 3.63) is 71.0 Å². The number of nitrogens with one attached hydrogen (secondary N) is 1. The molecule has 0 aliphatic carbocycles. The molecule has 0 saturated carbocycles. The molecule has 0 radical (unpaired) electrons. The molecule has 0 saturated heterocycles. The number of fused-ring (bicyclic) bond motifs is 1. The van der Waals surface area contributed by atoms with E-state index in [2.05, 4.69) is 14.8 Å². The lowest BCUT2D eigenvalue weighted by molar-refractivity contribution is 0.101. The molecule has 10 heteroatoms. The molecule has 1 N–H and O–H groups in total. The van der Waals surface area contributed by atoms with Crippen molar-refractivity contribution < 1.29 is 17.6 Å². The van der Waals surface area contributed by atoms with Gasteiger partial charge in [-0.25, -0.2) is 22.0 Å². The number of hydrogen-bond donors (Lipinski definition) is 1. The van der Waals surface area contributed by atoms with Crippen LogP contribution >= 0.6 is 11.3 Å². The standard InChI is InChI=1S/C20H17FN4O3S2/c1-13(26)14-4-3-7-18(11-14)30(27,28)22-9-8-17-12-29-20-23-19(24-25(17)20)15-5-2-6-16(21)10-15/h2-7,10-12,22H,8-9H2,1H3. The van der Waals surface area contributed by atoms with Crippen LogP contribution in [0.2, 0.25) is 0 Å². The minimum atomic E-state index is -3.75. The van der Waals surface area contributed by atoms with Crippen LogP contribution in [0.3, 0.4) is 0 Å². The highest BCUT2D eigenvalue weighted by molar-refractivity contribution is 7.89. The highest BCUT2D eigenvalue weighted by Gasteiger charge is 2.16. The van der Waals surface area contributed by atoms with E-state index in [0.717, 1.165) is 5.69 Å². The lowest BCUT2D eigenvalue weighted by Gasteiger charge is -2.07. The van der Waals surface area contributed by atoms with Crippen molar-refractivity contribution in [3.63, 3.8) is 0 Å². The van der Waals surface area contributed by atoms with Gasteiger partial charge in [0.2, 0.25) is 15.0 Å². The number of nitrogens with zero attached hydrogens (tertiary/aromatic N) is 3. The minimum absolute atomic E-state index is 0.0415. The molecule has 7 nitrogen and oxygen atoms in total. The van der Waals surface area contributed by atoms with E-state index >= 15 is 0 Å². The topological polar surface area (TPSA) is 93.4 Å². The maximum Gasteiger partial charge on any atom is 0.240 e. The van der Waals surface area contributed by atoms with Crippen molar-refractivity contribution >= 4 is 32.1 Å². The summed E-state index contributed by atoms with van der Waals surface area (Å²) in [5.74, 6) is -0.161. The number of halogens is 1. The summed E-state index contributed by atoms with van der Waals surface area (Å²) in [6.07, 6.45) is 0.386. The lowest BCUT2D eigenvalue weighted by Crippen LogP contribution is -2.26. The third-order valence-corrected chi connectivity index (χ3v) is 6.78. The van der Waals surface area contributed by atoms with E-state index in [1.165, 1.54) is 48.6 Å². The second kappa shape index (κ2) is 8.05. The van der Waals surface area contributed by atoms with Crippen LogP contribution in [0.25, 0.3) is 16.3 Å². The number of rotatable bonds is 7. The molecule has 2 heterocycles. The number of benzene rings is 2. The fraction of sp³-hybridized carbons (Fsp3) is 0.150. The second-order valence-corrected chi connectivity index (χ2v) is 9.20. The normalized spacial score (nSPS) is 11.8. The van der Waals surface area contributed by atoms with Gasteiger partial charge in [0.1, 0.15) is 5.82 Å². The van der Waals surface area contributed by atoms with E-state index in [4.69, 9.17) is 0 Å². The Morgan fingerprint density at radius 3 is 2.77 bits per heavy atom. The summed E-state index contributed by atoms with van der Waals surface area (Å²) in [5, 5.41) is 6.28. The molecule has 0 bridgehead atoms. The van der Waals surface area contributed by atoms with E-state index in [9.17, 15) is 17.6 Å². The summed E-state index contributed by atoms with van der Waals surface area (Å²) in [7, 11) is -3.75. The molecular formula is C20H17FN4O3S2. The number of ketones is 1. The third kappa shape index (κ3) is 4.16. The van der Waals surface area contributed by atoms with Gasteiger partial charge in [-0.05, 0) is 31.2 Å². The van der Waals surface area contributed by atoms with Gasteiger partial charge in [0, 0.05) is 29.5 Å². The molecule has 4 aromatic rings. The summed E-state index contributed by atoms with van der Waals surface area (Å²) in [6.45, 7) is 1.53. The number of Topliss-reactive ketones (excluding diaryl/α,β-unsaturated/α-hetero) is 1. The Morgan fingerprint density at radius 2 is 2.00 bits per heavy atom. The van der Waals surface area contributed by atoms with Crippen molar-refractivity contribution in [2.45, 2.75) is 18.2 Å². The number of sulfonamides is 1. The summed E-state index contributed by atoms with van der Waals surface area (Å²) in [5.41, 5.74) is 1.69. The molecule has 154 valence electrons. The van der Waals surface area contributed by atoms with Gasteiger partial charge in [-0.15, -0.1) is 16.4 Å². The predicted molar refractivity (Wildman–Crippen MR) is 112 cm³/mol. The Balaban J connectivity index is 1.49. The zero-order valence-corrected chi connectivity index (χ0v) is 17.5. The van der Waals surface area contributed by atoms with Crippen LogP contribution in [0.4, 0.5) is 4.39 Å². The monoisotopic (exact) mass is 444 g/mol. The van der Waals surface area contributed by atoms with Crippen LogP contribution in [0.5, 0.6) is 0 Å². The van der Waals surface area contributed by atoms with E-state index in [-0.39, 0.29) is 23.0 Å². The molecule has 0 unspecified atom stereocenters. The quantitative estimate of drug-likeness (QED) is 0.442. The molecule has 0 fully saturated rings. The number of aromatic nitrogens is 3. The highest BCUT2D eigenvalue weighted by atomic mass is 32.2. The van der Waals surface area contributed by atoms with E-state index in [1.807, 2.05) is 5.38 Å². The molecular weight excluding hydrogens is 427 g/mol. The smallest absolute Gasteiger partial charge is 0.240 e. The summed E-state index contributed by atoms with van der Waals surface area (Å²) in [4.78, 5) is 16.6. The maximum absolute atomic E-state index is 13.5. The number of thiazole rings is 1. The summed E-state index contributed by atoms with van der Waals surface area (Å²) in [6, 6.07) is 12.0. The predicted octanol–water partition coefficient (Wildman–Crippen LogP) is 3.32. The SMILES string of the molecule is CC(=O)c1cccc(S(=O)(=O)NCCc2csc3nc(-c4cccc(F)c4)nn23)c1. The highest BCUT2D eigenvalue weighted by Crippen LogP contribution is 2.21. The van der Waals surface area contributed by atoms with E-state index in [0.29, 0.717) is 28.3 Å². The molecule has 0 spiro atoms. The first kappa shape index (κ1) is 20.3. The lowest BCUT2D eigenvalue weighted by atomic mass is 10.2. The fourth-order valence-electron chi connectivity index (χ4n) is 2.93. The van der Waals surface area contributed by atoms with Crippen molar-refractivity contribution in [2.75, 3.05) is 6.54 Å². The van der Waals surface area contributed by atoms with E-state index < -0.39 is 10.0 Å². The first-order valence-electron chi connectivity index (χ1n) is 9.03. The zero-order chi connectivity index (χ0) is 21.3. The molecule has 30 heavy (non-hydrogen) atoms. The summed E-state index contributed by atoms with van der Waals surface area (Å²) < 4.78 is 42.7. The van der Waals surface area contributed by atoms with Gasteiger partial charge < -0.3 is 0 Å². The molecule has 0 aliphatic rings. The van der Waals surface area contributed by atoms with Crippen LogP contribution < -0.4 is 4.72 Å². The van der Waals surface area contributed by atoms with Gasteiger partial charge in [0.15, 0.2) is 11.6 Å². The van der Waals surface area contributed by atoms with Crippen LogP contribution in [0, 0.1) is 5.82 Å². The average molecular weight is 445 g/mol. The number of carbonyl (C=O) groups excluding carboxylic acids is 1. The first-order valence-corrected chi connectivity index (χ1v) is 11.4. The van der Waals surface area contributed by atoms with Gasteiger partial charge >= 0.3 is 0 Å². The largest absolute Gasteiger partial charge is 0.295 e. The van der Waals surface area contributed by atoms with Crippen molar-refractivity contribution in [1.82, 2.24) is 19.3 Å². The van der Waals surface area contributed by atoms with E-state index in [1.54, 1.807) is 22.7 Å². The molecule has 2 aromatic carbocycles. The fourth-order valence-corrected chi connectivity index (χ4v) is 4.86. The Kier molecular flexibility index (Phi) is 5.46. The van der Waals surface area contributed by atoms with Gasteiger partial charge in [-0.2, -0.15) is 4.98 Å².